The normalized spacial score (nSPS) is 22.0. The highest BCUT2D eigenvalue weighted by atomic mass is 16.6. The van der Waals surface area contributed by atoms with Crippen molar-refractivity contribution in [2.75, 3.05) is 39.4 Å². The first-order valence-corrected chi connectivity index (χ1v) is 7.36. The summed E-state index contributed by atoms with van der Waals surface area (Å²) in [4.78, 5) is 13.6. The second-order valence-electron chi connectivity index (χ2n) is 5.39. The molecule has 1 atom stereocenters. The van der Waals surface area contributed by atoms with E-state index in [9.17, 15) is 4.79 Å². The van der Waals surface area contributed by atoms with E-state index in [0.717, 1.165) is 37.6 Å². The smallest absolute Gasteiger partial charge is 0.236 e. The Morgan fingerprint density at radius 1 is 1.33 bits per heavy atom. The van der Waals surface area contributed by atoms with Gasteiger partial charge in [-0.15, -0.1) is 0 Å². The molecule has 0 saturated carbocycles. The van der Waals surface area contributed by atoms with Crippen LogP contribution in [0.25, 0.3) is 0 Å². The van der Waals surface area contributed by atoms with Gasteiger partial charge in [-0.2, -0.15) is 0 Å². The maximum atomic E-state index is 11.5. The van der Waals surface area contributed by atoms with Gasteiger partial charge in [-0.1, -0.05) is 6.07 Å². The van der Waals surface area contributed by atoms with Crippen molar-refractivity contribution in [3.05, 3.63) is 23.8 Å². The largest absolute Gasteiger partial charge is 0.486 e. The van der Waals surface area contributed by atoms with Crippen LogP contribution in [0.15, 0.2) is 18.2 Å². The summed E-state index contributed by atoms with van der Waals surface area (Å²) >= 11 is 0. The lowest BCUT2D eigenvalue weighted by atomic mass is 10.1. The molecule has 0 aromatic heterocycles. The topological polar surface area (TPSA) is 76.8 Å². The van der Waals surface area contributed by atoms with Crippen LogP contribution in [-0.2, 0) is 11.2 Å². The lowest BCUT2D eigenvalue weighted by molar-refractivity contribution is -0.123. The van der Waals surface area contributed by atoms with Gasteiger partial charge in [-0.3, -0.25) is 9.69 Å². The molecule has 0 aliphatic carbocycles. The fraction of sp³-hybridized carbons (Fsp3) is 0.533. The van der Waals surface area contributed by atoms with Crippen molar-refractivity contribution in [3.63, 3.8) is 0 Å². The molecule has 1 saturated heterocycles. The van der Waals surface area contributed by atoms with Gasteiger partial charge in [-0.05, 0) is 24.1 Å². The molecule has 0 spiro atoms. The summed E-state index contributed by atoms with van der Waals surface area (Å²) in [6.07, 6.45) is 0.862. The Balaban J connectivity index is 1.62. The van der Waals surface area contributed by atoms with Gasteiger partial charge in [0.05, 0.1) is 0 Å². The number of fused-ring (bicyclic) bond motifs is 1. The molecule has 2 aliphatic rings. The minimum absolute atomic E-state index is 0.212. The van der Waals surface area contributed by atoms with Gasteiger partial charge in [0.25, 0.3) is 0 Å². The summed E-state index contributed by atoms with van der Waals surface area (Å²) in [5.41, 5.74) is 6.64. The molecule has 21 heavy (non-hydrogen) atoms. The molecule has 1 unspecified atom stereocenters. The number of hydrogen-bond acceptors (Lipinski definition) is 5. The van der Waals surface area contributed by atoms with Gasteiger partial charge in [0.15, 0.2) is 11.5 Å². The summed E-state index contributed by atoms with van der Waals surface area (Å²) in [6.45, 7) is 4.39. The van der Waals surface area contributed by atoms with Crippen LogP contribution in [0.5, 0.6) is 11.5 Å². The SMILES string of the molecule is NC(=O)C1CNCCN1CCc1ccc2c(c1)OCCO2. The summed E-state index contributed by atoms with van der Waals surface area (Å²) in [5.74, 6) is 1.36. The Hall–Kier alpha value is -1.79. The number of rotatable bonds is 4. The van der Waals surface area contributed by atoms with Crippen LogP contribution in [0.3, 0.4) is 0 Å². The Morgan fingerprint density at radius 2 is 2.14 bits per heavy atom. The molecule has 114 valence electrons. The van der Waals surface area contributed by atoms with Crippen LogP contribution < -0.4 is 20.5 Å². The van der Waals surface area contributed by atoms with Crippen molar-refractivity contribution in [2.24, 2.45) is 5.73 Å². The van der Waals surface area contributed by atoms with E-state index >= 15 is 0 Å². The number of carbonyl (C=O) groups is 1. The Morgan fingerprint density at radius 3 is 2.95 bits per heavy atom. The fourth-order valence-corrected chi connectivity index (χ4v) is 2.81. The van der Waals surface area contributed by atoms with Crippen LogP contribution >= 0.6 is 0 Å². The minimum Gasteiger partial charge on any atom is -0.486 e. The number of primary amides is 1. The number of benzene rings is 1. The predicted molar refractivity (Wildman–Crippen MR) is 78.6 cm³/mol. The number of nitrogens with one attached hydrogen (secondary N) is 1. The lowest BCUT2D eigenvalue weighted by Gasteiger charge is -2.34. The molecular formula is C15H21N3O3. The fourth-order valence-electron chi connectivity index (χ4n) is 2.81. The van der Waals surface area contributed by atoms with Crippen LogP contribution in [0.1, 0.15) is 5.56 Å². The van der Waals surface area contributed by atoms with E-state index in [1.54, 1.807) is 0 Å². The average molecular weight is 291 g/mol. The summed E-state index contributed by atoms with van der Waals surface area (Å²) in [6, 6.07) is 5.81. The minimum atomic E-state index is -0.260. The summed E-state index contributed by atoms with van der Waals surface area (Å²) in [5, 5.41) is 3.21. The van der Waals surface area contributed by atoms with E-state index < -0.39 is 0 Å². The van der Waals surface area contributed by atoms with Crippen molar-refractivity contribution in [1.82, 2.24) is 10.2 Å². The van der Waals surface area contributed by atoms with E-state index in [4.69, 9.17) is 15.2 Å². The molecule has 3 rings (SSSR count). The zero-order valence-electron chi connectivity index (χ0n) is 12.0. The summed E-state index contributed by atoms with van der Waals surface area (Å²) < 4.78 is 11.1. The second-order valence-corrected chi connectivity index (χ2v) is 5.39. The zero-order valence-corrected chi connectivity index (χ0v) is 12.0. The highest BCUT2D eigenvalue weighted by Crippen LogP contribution is 2.30. The molecule has 1 aromatic carbocycles. The highest BCUT2D eigenvalue weighted by Gasteiger charge is 2.26. The molecule has 3 N–H and O–H groups in total. The number of amides is 1. The van der Waals surface area contributed by atoms with E-state index in [1.807, 2.05) is 12.1 Å². The number of carbonyl (C=O) groups excluding carboxylic acids is 1. The van der Waals surface area contributed by atoms with Gasteiger partial charge in [-0.25, -0.2) is 0 Å². The first kappa shape index (κ1) is 14.2. The van der Waals surface area contributed by atoms with Crippen LogP contribution in [0, 0.1) is 0 Å². The molecular weight excluding hydrogens is 270 g/mol. The number of piperazine rings is 1. The van der Waals surface area contributed by atoms with E-state index in [0.29, 0.717) is 19.8 Å². The third kappa shape index (κ3) is 3.28. The Bertz CT molecular complexity index is 521. The molecule has 6 nitrogen and oxygen atoms in total. The number of nitrogens with zero attached hydrogens (tertiary/aromatic N) is 1. The summed E-state index contributed by atoms with van der Waals surface area (Å²) in [7, 11) is 0. The van der Waals surface area contributed by atoms with Crippen LogP contribution in [0.4, 0.5) is 0 Å². The molecule has 0 radical (unpaired) electrons. The van der Waals surface area contributed by atoms with Gasteiger partial charge in [0.2, 0.25) is 5.91 Å². The van der Waals surface area contributed by atoms with E-state index in [-0.39, 0.29) is 11.9 Å². The van der Waals surface area contributed by atoms with Crippen LogP contribution in [0.2, 0.25) is 0 Å². The predicted octanol–water partition coefficient (Wildman–Crippen LogP) is -0.241. The van der Waals surface area contributed by atoms with Crippen molar-refractivity contribution < 1.29 is 14.3 Å². The molecule has 0 bridgehead atoms. The van der Waals surface area contributed by atoms with E-state index in [1.165, 1.54) is 5.56 Å². The first-order valence-electron chi connectivity index (χ1n) is 7.36. The third-order valence-corrected chi connectivity index (χ3v) is 3.98. The molecule has 1 fully saturated rings. The van der Waals surface area contributed by atoms with Crippen molar-refractivity contribution >= 4 is 5.91 Å². The van der Waals surface area contributed by atoms with Crippen molar-refractivity contribution in [2.45, 2.75) is 12.5 Å². The maximum absolute atomic E-state index is 11.5. The maximum Gasteiger partial charge on any atom is 0.236 e. The number of hydrogen-bond donors (Lipinski definition) is 2. The lowest BCUT2D eigenvalue weighted by Crippen LogP contribution is -2.57. The first-order chi connectivity index (χ1) is 10.2. The molecule has 2 aliphatic heterocycles. The Kier molecular flexibility index (Phi) is 4.26. The third-order valence-electron chi connectivity index (χ3n) is 3.98. The van der Waals surface area contributed by atoms with Crippen molar-refractivity contribution in [3.8, 4) is 11.5 Å². The molecule has 1 amide bonds. The van der Waals surface area contributed by atoms with Gasteiger partial charge in [0, 0.05) is 26.2 Å². The highest BCUT2D eigenvalue weighted by molar-refractivity contribution is 5.80. The Labute approximate surface area is 124 Å². The zero-order chi connectivity index (χ0) is 14.7. The van der Waals surface area contributed by atoms with Crippen LogP contribution in [-0.4, -0.2) is 56.2 Å². The van der Waals surface area contributed by atoms with Crippen molar-refractivity contribution in [1.29, 1.82) is 0 Å². The molecule has 6 heteroatoms. The van der Waals surface area contributed by atoms with E-state index in [2.05, 4.69) is 16.3 Å². The molecule has 1 aromatic rings. The quantitative estimate of drug-likeness (QED) is 0.800. The number of nitrogens with two attached hydrogens (primary N) is 1. The second kappa shape index (κ2) is 6.32. The monoisotopic (exact) mass is 291 g/mol. The standard InChI is InChI=1S/C15H21N3O3/c16-15(19)12-10-17-4-6-18(12)5-3-11-1-2-13-14(9-11)21-8-7-20-13/h1-2,9,12,17H,3-8,10H2,(H2,16,19). The van der Waals surface area contributed by atoms with Gasteiger partial charge >= 0.3 is 0 Å². The average Bonchev–Trinajstić information content (AvgIpc) is 2.53. The molecule has 2 heterocycles. The van der Waals surface area contributed by atoms with Gasteiger partial charge < -0.3 is 20.5 Å². The number of ether oxygens (including phenoxy) is 2. The van der Waals surface area contributed by atoms with Gasteiger partial charge in [0.1, 0.15) is 19.3 Å².